The van der Waals surface area contributed by atoms with Crippen molar-refractivity contribution in [2.75, 3.05) is 13.2 Å². The molecule has 6 nitrogen and oxygen atoms in total. The molecule has 0 aliphatic heterocycles. The number of carbonyl (C=O) groups is 3. The van der Waals surface area contributed by atoms with Crippen molar-refractivity contribution >= 4 is 17.9 Å². The van der Waals surface area contributed by atoms with Gasteiger partial charge in [-0.05, 0) is 96.3 Å². The number of hydrogen-bond donors (Lipinski definition) is 0. The molecule has 0 aromatic rings. The van der Waals surface area contributed by atoms with Crippen molar-refractivity contribution in [3.05, 3.63) is 72.9 Å². The molecule has 0 aliphatic rings. The third-order valence-electron chi connectivity index (χ3n) is 10.7. The van der Waals surface area contributed by atoms with Crippen LogP contribution in [0.2, 0.25) is 0 Å². The summed E-state index contributed by atoms with van der Waals surface area (Å²) in [6, 6.07) is 0. The summed E-state index contributed by atoms with van der Waals surface area (Å²) >= 11 is 0. The number of ether oxygens (including phenoxy) is 3. The van der Waals surface area contributed by atoms with Crippen LogP contribution in [-0.2, 0) is 28.6 Å². The van der Waals surface area contributed by atoms with E-state index in [1.807, 2.05) is 6.08 Å². The van der Waals surface area contributed by atoms with E-state index in [9.17, 15) is 14.4 Å². The van der Waals surface area contributed by atoms with Gasteiger partial charge in [-0.15, -0.1) is 0 Å². The summed E-state index contributed by atoms with van der Waals surface area (Å²) in [5.74, 6) is -1.06. The topological polar surface area (TPSA) is 78.9 Å². The van der Waals surface area contributed by atoms with E-state index in [1.54, 1.807) is 0 Å². The first-order valence-corrected chi connectivity index (χ1v) is 25.4. The van der Waals surface area contributed by atoms with Crippen LogP contribution in [0.3, 0.4) is 0 Å². The Bertz CT molecular complexity index is 1160. The van der Waals surface area contributed by atoms with Gasteiger partial charge in [0.2, 0.25) is 0 Å². The van der Waals surface area contributed by atoms with E-state index >= 15 is 0 Å². The fourth-order valence-electron chi connectivity index (χ4n) is 6.80. The van der Waals surface area contributed by atoms with Gasteiger partial charge in [-0.3, -0.25) is 14.4 Å². The van der Waals surface area contributed by atoms with Gasteiger partial charge in [-0.25, -0.2) is 0 Å². The second-order valence-corrected chi connectivity index (χ2v) is 16.7. The Kier molecular flexibility index (Phi) is 46.9. The van der Waals surface area contributed by atoms with Crippen molar-refractivity contribution in [3.8, 4) is 0 Å². The van der Waals surface area contributed by atoms with Crippen molar-refractivity contribution in [1.82, 2.24) is 0 Å². The van der Waals surface area contributed by atoms with Crippen LogP contribution in [0.5, 0.6) is 0 Å². The van der Waals surface area contributed by atoms with Crippen molar-refractivity contribution < 1.29 is 28.6 Å². The average molecular weight is 851 g/mol. The van der Waals surface area contributed by atoms with Crippen LogP contribution in [0.4, 0.5) is 0 Å². The second kappa shape index (κ2) is 49.5. The molecular weight excluding hydrogens is 757 g/mol. The molecule has 0 bridgehead atoms. The molecule has 0 amide bonds. The normalized spacial score (nSPS) is 12.6. The standard InChI is InChI=1S/C55H94O6/c1-4-7-10-13-16-19-22-25-26-27-28-31-33-36-39-42-45-48-54(57)60-51-52(61-55(58)49-46-43-40-37-34-30-24-21-18-15-12-9-6-3)50-59-53(56)47-44-41-38-35-32-29-23-20-17-14-11-8-5-2/h25-26,28-32,34,36,39-40,43,52H,4-24,27,33,35,37-38,41-42,44-51H2,1-3H3/b26-25-,31-28-,32-29-,34-30-,39-36-,43-40-. The van der Waals surface area contributed by atoms with Crippen LogP contribution in [0.15, 0.2) is 72.9 Å². The molecule has 0 aromatic carbocycles. The van der Waals surface area contributed by atoms with E-state index in [-0.39, 0.29) is 38.0 Å². The highest BCUT2D eigenvalue weighted by Gasteiger charge is 2.19. The SMILES string of the molecule is CCCCCCCC/C=C\C/C=C\C/C=C\CCCC(=O)OCC(COC(=O)CCCCC/C=C\CCCCCCCC)OC(=O)CC/C=C\C/C=C\CCCCCCCC. The van der Waals surface area contributed by atoms with Crippen LogP contribution in [-0.4, -0.2) is 37.2 Å². The van der Waals surface area contributed by atoms with Gasteiger partial charge in [0.15, 0.2) is 6.10 Å². The number of allylic oxidation sites excluding steroid dienone is 12. The second-order valence-electron chi connectivity index (χ2n) is 16.7. The van der Waals surface area contributed by atoms with Crippen LogP contribution in [0.25, 0.3) is 0 Å². The molecule has 0 aromatic heterocycles. The van der Waals surface area contributed by atoms with Crippen LogP contribution < -0.4 is 0 Å². The molecule has 350 valence electrons. The fourth-order valence-corrected chi connectivity index (χ4v) is 6.80. The van der Waals surface area contributed by atoms with Gasteiger partial charge in [0, 0.05) is 19.3 Å². The minimum atomic E-state index is -0.830. The van der Waals surface area contributed by atoms with E-state index in [0.29, 0.717) is 19.3 Å². The van der Waals surface area contributed by atoms with E-state index in [1.165, 1.54) is 122 Å². The van der Waals surface area contributed by atoms with Gasteiger partial charge in [0.05, 0.1) is 0 Å². The highest BCUT2D eigenvalue weighted by atomic mass is 16.6. The molecule has 6 heteroatoms. The van der Waals surface area contributed by atoms with Gasteiger partial charge in [-0.1, -0.05) is 196 Å². The van der Waals surface area contributed by atoms with Gasteiger partial charge >= 0.3 is 17.9 Å². The number of unbranched alkanes of at least 4 members (excludes halogenated alkanes) is 22. The Morgan fingerprint density at radius 3 is 1.07 bits per heavy atom. The van der Waals surface area contributed by atoms with Crippen molar-refractivity contribution in [2.24, 2.45) is 0 Å². The first-order valence-electron chi connectivity index (χ1n) is 25.4. The van der Waals surface area contributed by atoms with Crippen molar-refractivity contribution in [2.45, 2.75) is 245 Å². The van der Waals surface area contributed by atoms with Gasteiger partial charge in [0.25, 0.3) is 0 Å². The molecule has 0 aliphatic carbocycles. The number of hydrogen-bond acceptors (Lipinski definition) is 6. The zero-order valence-corrected chi connectivity index (χ0v) is 39.9. The maximum absolute atomic E-state index is 12.7. The first-order chi connectivity index (χ1) is 30.0. The summed E-state index contributed by atoms with van der Waals surface area (Å²) in [5.41, 5.74) is 0. The molecule has 1 unspecified atom stereocenters. The molecule has 0 spiro atoms. The highest BCUT2D eigenvalue weighted by Crippen LogP contribution is 2.12. The highest BCUT2D eigenvalue weighted by molar-refractivity contribution is 5.71. The minimum absolute atomic E-state index is 0.122. The molecule has 61 heavy (non-hydrogen) atoms. The summed E-state index contributed by atoms with van der Waals surface area (Å²) < 4.78 is 16.6. The lowest BCUT2D eigenvalue weighted by Crippen LogP contribution is -2.30. The zero-order valence-electron chi connectivity index (χ0n) is 39.9. The lowest BCUT2D eigenvalue weighted by molar-refractivity contribution is -0.166. The molecule has 0 fully saturated rings. The van der Waals surface area contributed by atoms with Crippen LogP contribution in [0.1, 0.15) is 239 Å². The quantitative estimate of drug-likeness (QED) is 0.0263. The Hall–Kier alpha value is -3.15. The Morgan fingerprint density at radius 2 is 0.639 bits per heavy atom. The average Bonchev–Trinajstić information content (AvgIpc) is 3.26. The van der Waals surface area contributed by atoms with E-state index in [4.69, 9.17) is 14.2 Å². The lowest BCUT2D eigenvalue weighted by atomic mass is 10.1. The molecule has 0 saturated heterocycles. The molecule has 0 N–H and O–H groups in total. The van der Waals surface area contributed by atoms with Gasteiger partial charge < -0.3 is 14.2 Å². The molecular formula is C55H94O6. The molecule has 1 atom stereocenters. The van der Waals surface area contributed by atoms with Crippen molar-refractivity contribution in [1.29, 1.82) is 0 Å². The maximum Gasteiger partial charge on any atom is 0.306 e. The van der Waals surface area contributed by atoms with E-state index < -0.39 is 12.1 Å². The molecule has 0 saturated carbocycles. The Balaban J connectivity index is 4.53. The van der Waals surface area contributed by atoms with E-state index in [2.05, 4.69) is 87.6 Å². The lowest BCUT2D eigenvalue weighted by Gasteiger charge is -2.18. The monoisotopic (exact) mass is 851 g/mol. The predicted octanol–water partition coefficient (Wildman–Crippen LogP) is 16.6. The van der Waals surface area contributed by atoms with Crippen LogP contribution >= 0.6 is 0 Å². The number of carbonyl (C=O) groups excluding carboxylic acids is 3. The maximum atomic E-state index is 12.7. The largest absolute Gasteiger partial charge is 0.462 e. The zero-order chi connectivity index (χ0) is 44.4. The number of esters is 3. The summed E-state index contributed by atoms with van der Waals surface area (Å²) in [4.78, 5) is 37.8. The van der Waals surface area contributed by atoms with Crippen LogP contribution in [0, 0.1) is 0 Å². The summed E-state index contributed by atoms with van der Waals surface area (Å²) in [6.07, 6.45) is 61.9. The van der Waals surface area contributed by atoms with Crippen molar-refractivity contribution in [3.63, 3.8) is 0 Å². The summed E-state index contributed by atoms with van der Waals surface area (Å²) in [5, 5.41) is 0. The summed E-state index contributed by atoms with van der Waals surface area (Å²) in [6.45, 7) is 6.50. The minimum Gasteiger partial charge on any atom is -0.462 e. The smallest absolute Gasteiger partial charge is 0.306 e. The Morgan fingerprint density at radius 1 is 0.328 bits per heavy atom. The van der Waals surface area contributed by atoms with Gasteiger partial charge in [0.1, 0.15) is 13.2 Å². The van der Waals surface area contributed by atoms with E-state index in [0.717, 1.165) is 64.2 Å². The fraction of sp³-hybridized carbons (Fsp3) is 0.727. The predicted molar refractivity (Wildman–Crippen MR) is 261 cm³/mol. The Labute approximate surface area is 376 Å². The third-order valence-corrected chi connectivity index (χ3v) is 10.7. The molecule has 0 rings (SSSR count). The summed E-state index contributed by atoms with van der Waals surface area (Å²) in [7, 11) is 0. The molecule has 0 heterocycles. The first kappa shape index (κ1) is 57.9. The molecule has 0 radical (unpaired) electrons. The number of rotatable bonds is 45. The third kappa shape index (κ3) is 47.7. The van der Waals surface area contributed by atoms with Gasteiger partial charge in [-0.2, -0.15) is 0 Å².